The number of carbonyl (C=O) groups excluding carboxylic acids is 1. The van der Waals surface area contributed by atoms with Crippen molar-refractivity contribution >= 4 is 23.0 Å². The van der Waals surface area contributed by atoms with Crippen LogP contribution in [0.3, 0.4) is 0 Å². The first kappa shape index (κ1) is 16.9. The molecule has 0 bridgehead atoms. The van der Waals surface area contributed by atoms with Gasteiger partial charge in [-0.3, -0.25) is 10.1 Å². The Hall–Kier alpha value is -2.93. The number of allylic oxidation sites excluding steroid dienone is 2. The van der Waals surface area contributed by atoms with E-state index in [-0.39, 0.29) is 18.1 Å². The molecule has 2 aliphatic rings. The van der Waals surface area contributed by atoms with Crippen molar-refractivity contribution in [3.05, 3.63) is 63.1 Å². The van der Waals surface area contributed by atoms with Gasteiger partial charge in [0.1, 0.15) is 12.7 Å². The summed E-state index contributed by atoms with van der Waals surface area (Å²) in [5.74, 6) is -0.614. The minimum absolute atomic E-state index is 0.00570. The summed E-state index contributed by atoms with van der Waals surface area (Å²) >= 11 is 0. The Balaban J connectivity index is 2.10. The Bertz CT molecular complexity index is 899. The highest BCUT2D eigenvalue weighted by Crippen LogP contribution is 2.21. The van der Waals surface area contributed by atoms with Crippen LogP contribution < -0.4 is 10.4 Å². The highest BCUT2D eigenvalue weighted by atomic mass is 16.6. The number of non-ortho nitro benzene ring substituents is 1. The van der Waals surface area contributed by atoms with Crippen molar-refractivity contribution in [3.63, 3.8) is 0 Å². The Morgan fingerprint density at radius 3 is 2.84 bits per heavy atom. The molecule has 0 N–H and O–H groups in total. The van der Waals surface area contributed by atoms with Crippen molar-refractivity contribution < 1.29 is 19.2 Å². The minimum atomic E-state index is -0.620. The summed E-state index contributed by atoms with van der Waals surface area (Å²) in [7, 11) is 3.74. The number of rotatable bonds is 5. The van der Waals surface area contributed by atoms with Crippen molar-refractivity contribution in [3.8, 4) is 0 Å². The molecule has 0 radical (unpaired) electrons. The van der Waals surface area contributed by atoms with E-state index >= 15 is 0 Å². The summed E-state index contributed by atoms with van der Waals surface area (Å²) in [4.78, 5) is 25.0. The number of nitro groups is 1. The predicted octanol–water partition coefficient (Wildman–Crippen LogP) is 0.483. The maximum absolute atomic E-state index is 12.5. The lowest BCUT2D eigenvalue weighted by atomic mass is 9.97. The Kier molecular flexibility index (Phi) is 4.67. The van der Waals surface area contributed by atoms with Crippen LogP contribution >= 0.6 is 0 Å². The quantitative estimate of drug-likeness (QED) is 0.440. The van der Waals surface area contributed by atoms with Crippen molar-refractivity contribution in [2.75, 3.05) is 27.2 Å². The van der Waals surface area contributed by atoms with Gasteiger partial charge in [0.25, 0.3) is 5.69 Å². The number of carbonyl (C=O) groups is 1. The largest absolute Gasteiger partial charge is 0.474 e. The lowest BCUT2D eigenvalue weighted by molar-refractivity contribution is -0.385. The molecule has 1 unspecified atom stereocenters. The van der Waals surface area contributed by atoms with Gasteiger partial charge in [-0.15, -0.1) is 0 Å². The van der Waals surface area contributed by atoms with E-state index in [1.54, 1.807) is 6.07 Å². The molecule has 7 nitrogen and oxygen atoms in total. The number of nitrogens with zero attached hydrogens (tertiary/aromatic N) is 2. The predicted molar refractivity (Wildman–Crippen MR) is 91.8 cm³/mol. The van der Waals surface area contributed by atoms with Crippen LogP contribution in [-0.2, 0) is 14.3 Å². The van der Waals surface area contributed by atoms with Crippen LogP contribution in [0.15, 0.2) is 42.5 Å². The van der Waals surface area contributed by atoms with Gasteiger partial charge in [0, 0.05) is 29.5 Å². The Labute approximate surface area is 144 Å². The zero-order valence-electron chi connectivity index (χ0n) is 14.0. The number of benzene rings is 1. The van der Waals surface area contributed by atoms with Crippen molar-refractivity contribution in [1.29, 1.82) is 0 Å². The van der Waals surface area contributed by atoms with Gasteiger partial charge in [0.15, 0.2) is 0 Å². The lowest BCUT2D eigenvalue weighted by Crippen LogP contribution is -2.41. The van der Waals surface area contributed by atoms with Crippen LogP contribution in [0, 0.1) is 10.1 Å². The number of fused-ring (bicyclic) bond motifs is 2. The SMILES string of the molecule is CN(C)CCOC(=O)C1=c2cc([N+](=O)[O-])ccc2=C2C=CC=CC2O1. The molecule has 3 rings (SSSR count). The summed E-state index contributed by atoms with van der Waals surface area (Å²) in [5.41, 5.74) is 0.757. The van der Waals surface area contributed by atoms with Gasteiger partial charge >= 0.3 is 5.97 Å². The average Bonchev–Trinajstić information content (AvgIpc) is 2.60. The van der Waals surface area contributed by atoms with Crippen molar-refractivity contribution in [2.24, 2.45) is 0 Å². The van der Waals surface area contributed by atoms with Crippen LogP contribution in [0.1, 0.15) is 0 Å². The third-order valence-corrected chi connectivity index (χ3v) is 3.95. The van der Waals surface area contributed by atoms with E-state index in [9.17, 15) is 14.9 Å². The topological polar surface area (TPSA) is 81.9 Å². The first-order valence-corrected chi connectivity index (χ1v) is 7.83. The summed E-state index contributed by atoms with van der Waals surface area (Å²) in [6, 6.07) is 4.43. The molecule has 0 saturated carbocycles. The number of ether oxygens (including phenoxy) is 2. The van der Waals surface area contributed by atoms with Gasteiger partial charge in [-0.05, 0) is 31.5 Å². The Morgan fingerprint density at radius 2 is 2.12 bits per heavy atom. The number of hydrogen-bond donors (Lipinski definition) is 0. The molecule has 1 heterocycles. The second kappa shape index (κ2) is 6.90. The standard InChI is InChI=1S/C18H18N2O5/c1-19(2)9-10-24-18(21)17-15-11-12(20(22)23)7-8-13(15)14-5-3-4-6-16(14)25-17/h3-8,11,16H,9-10H2,1-2H3. The van der Waals surface area contributed by atoms with E-state index < -0.39 is 17.0 Å². The molecule has 1 aromatic rings. The molecule has 0 amide bonds. The van der Waals surface area contributed by atoms with Crippen LogP contribution in [-0.4, -0.2) is 49.1 Å². The van der Waals surface area contributed by atoms with Crippen LogP contribution in [0.4, 0.5) is 5.69 Å². The minimum Gasteiger partial charge on any atom is -0.474 e. The van der Waals surface area contributed by atoms with Crippen molar-refractivity contribution in [2.45, 2.75) is 6.10 Å². The highest BCUT2D eigenvalue weighted by Gasteiger charge is 2.27. The molecule has 25 heavy (non-hydrogen) atoms. The van der Waals surface area contributed by atoms with Gasteiger partial charge in [0.2, 0.25) is 5.76 Å². The number of esters is 1. The smallest absolute Gasteiger partial charge is 0.374 e. The molecule has 0 aromatic heterocycles. The monoisotopic (exact) mass is 342 g/mol. The highest BCUT2D eigenvalue weighted by molar-refractivity contribution is 6.07. The van der Waals surface area contributed by atoms with Gasteiger partial charge in [0.05, 0.1) is 4.92 Å². The van der Waals surface area contributed by atoms with E-state index in [1.165, 1.54) is 12.1 Å². The molecule has 130 valence electrons. The molecule has 0 spiro atoms. The van der Waals surface area contributed by atoms with Gasteiger partial charge in [-0.2, -0.15) is 0 Å². The zero-order chi connectivity index (χ0) is 18.0. The van der Waals surface area contributed by atoms with E-state index in [4.69, 9.17) is 9.47 Å². The maximum atomic E-state index is 12.5. The summed E-state index contributed by atoms with van der Waals surface area (Å²) in [5, 5.41) is 12.2. The molecule has 1 aliphatic carbocycles. The molecule has 0 saturated heterocycles. The van der Waals surface area contributed by atoms with Crippen LogP contribution in [0.5, 0.6) is 0 Å². The van der Waals surface area contributed by atoms with E-state index in [2.05, 4.69) is 0 Å². The molecule has 7 heteroatoms. The van der Waals surface area contributed by atoms with E-state index in [0.717, 1.165) is 10.8 Å². The second-order valence-electron chi connectivity index (χ2n) is 5.99. The zero-order valence-corrected chi connectivity index (χ0v) is 14.0. The van der Waals surface area contributed by atoms with Gasteiger partial charge < -0.3 is 14.4 Å². The lowest BCUT2D eigenvalue weighted by Gasteiger charge is -2.24. The summed E-state index contributed by atoms with van der Waals surface area (Å²) in [6.45, 7) is 0.782. The number of nitro benzene ring substituents is 1. The molecule has 0 fully saturated rings. The average molecular weight is 342 g/mol. The van der Waals surface area contributed by atoms with E-state index in [0.29, 0.717) is 11.8 Å². The molecular formula is C18H18N2O5. The van der Waals surface area contributed by atoms with Crippen LogP contribution in [0.2, 0.25) is 0 Å². The fraction of sp³-hybridized carbons (Fsp3) is 0.278. The van der Waals surface area contributed by atoms with E-state index in [1.807, 2.05) is 43.3 Å². The number of hydrogen-bond acceptors (Lipinski definition) is 6. The Morgan fingerprint density at radius 1 is 1.32 bits per heavy atom. The molecule has 1 atom stereocenters. The molecule has 1 aliphatic heterocycles. The number of likely N-dealkylation sites (N-methyl/N-ethyl adjacent to an activating group) is 1. The second-order valence-corrected chi connectivity index (χ2v) is 5.99. The third-order valence-electron chi connectivity index (χ3n) is 3.95. The summed E-state index contributed by atoms with van der Waals surface area (Å²) in [6.07, 6.45) is 6.99. The maximum Gasteiger partial charge on any atom is 0.374 e. The van der Waals surface area contributed by atoms with Gasteiger partial charge in [-0.1, -0.05) is 18.2 Å². The fourth-order valence-corrected chi connectivity index (χ4v) is 2.69. The van der Waals surface area contributed by atoms with Crippen LogP contribution in [0.25, 0.3) is 11.3 Å². The third kappa shape index (κ3) is 3.46. The normalized spacial score (nSPS) is 17.8. The first-order valence-electron chi connectivity index (χ1n) is 7.83. The fourth-order valence-electron chi connectivity index (χ4n) is 2.69. The molecule has 1 aromatic carbocycles. The molecular weight excluding hydrogens is 324 g/mol. The summed E-state index contributed by atoms with van der Waals surface area (Å²) < 4.78 is 11.1. The van der Waals surface area contributed by atoms with Gasteiger partial charge in [-0.25, -0.2) is 4.79 Å². The van der Waals surface area contributed by atoms with Crippen molar-refractivity contribution in [1.82, 2.24) is 4.90 Å². The first-order chi connectivity index (χ1) is 12.0.